The van der Waals surface area contributed by atoms with Crippen molar-refractivity contribution in [2.75, 3.05) is 4.90 Å². The molecule has 0 unspecified atom stereocenters. The largest absolute Gasteiger partial charge is 0.454 e. The summed E-state index contributed by atoms with van der Waals surface area (Å²) >= 11 is 0. The van der Waals surface area contributed by atoms with Gasteiger partial charge in [-0.15, -0.1) is 0 Å². The number of furan rings is 1. The van der Waals surface area contributed by atoms with Crippen LogP contribution >= 0.6 is 0 Å². The molecule has 2 aliphatic rings. The molecule has 1 aromatic heterocycles. The van der Waals surface area contributed by atoms with E-state index >= 15 is 0 Å². The Bertz CT molecular complexity index is 3480. The highest BCUT2D eigenvalue weighted by atomic mass is 16.3. The van der Waals surface area contributed by atoms with E-state index in [1.807, 2.05) is 0 Å². The van der Waals surface area contributed by atoms with E-state index in [0.29, 0.717) is 0 Å². The first-order valence-electron chi connectivity index (χ1n) is 21.1. The first-order valence-corrected chi connectivity index (χ1v) is 21.1. The molecule has 1 heterocycles. The van der Waals surface area contributed by atoms with Crippen LogP contribution < -0.4 is 4.90 Å². The number of fused-ring (bicyclic) bond motifs is 15. The quantitative estimate of drug-likeness (QED) is 0.173. The maximum Gasteiger partial charge on any atom is 0.159 e. The highest BCUT2D eigenvalue weighted by Crippen LogP contribution is 2.63. The van der Waals surface area contributed by atoms with Gasteiger partial charge < -0.3 is 9.32 Å². The summed E-state index contributed by atoms with van der Waals surface area (Å²) in [6, 6.07) is 82.1. The van der Waals surface area contributed by atoms with Crippen molar-refractivity contribution in [1.82, 2.24) is 0 Å². The number of anilines is 3. The van der Waals surface area contributed by atoms with Gasteiger partial charge >= 0.3 is 0 Å². The summed E-state index contributed by atoms with van der Waals surface area (Å²) in [7, 11) is 0. The maximum absolute atomic E-state index is 6.97. The fourth-order valence-corrected chi connectivity index (χ4v) is 10.7. The number of para-hydroxylation sites is 1. The first kappa shape index (κ1) is 34.0. The van der Waals surface area contributed by atoms with E-state index in [1.165, 1.54) is 66.4 Å². The molecule has 2 heteroatoms. The van der Waals surface area contributed by atoms with Crippen molar-refractivity contribution in [1.29, 1.82) is 0 Å². The monoisotopic (exact) mass is 775 g/mol. The molecule has 10 aromatic carbocycles. The summed E-state index contributed by atoms with van der Waals surface area (Å²) in [5, 5.41) is 4.64. The van der Waals surface area contributed by atoms with Gasteiger partial charge in [0.25, 0.3) is 0 Å². The lowest BCUT2D eigenvalue weighted by atomic mass is 9.70. The summed E-state index contributed by atoms with van der Waals surface area (Å²) in [5.74, 6) is 0. The van der Waals surface area contributed by atoms with Crippen molar-refractivity contribution < 1.29 is 4.42 Å². The van der Waals surface area contributed by atoms with Gasteiger partial charge in [0, 0.05) is 22.1 Å². The Balaban J connectivity index is 1.06. The van der Waals surface area contributed by atoms with Gasteiger partial charge in [-0.05, 0) is 114 Å². The zero-order chi connectivity index (χ0) is 40.1. The molecule has 284 valence electrons. The Morgan fingerprint density at radius 3 is 1.61 bits per heavy atom. The Labute approximate surface area is 354 Å². The first-order chi connectivity index (χ1) is 30.3. The van der Waals surface area contributed by atoms with Gasteiger partial charge in [0.15, 0.2) is 5.58 Å². The van der Waals surface area contributed by atoms with Crippen LogP contribution in [0, 0.1) is 0 Å². The minimum atomic E-state index is -0.465. The summed E-state index contributed by atoms with van der Waals surface area (Å²) in [6.07, 6.45) is 0. The molecule has 1 spiro atoms. The van der Waals surface area contributed by atoms with E-state index in [9.17, 15) is 0 Å². The normalized spacial score (nSPS) is 13.0. The van der Waals surface area contributed by atoms with E-state index in [2.05, 4.69) is 229 Å². The Morgan fingerprint density at radius 1 is 0.344 bits per heavy atom. The van der Waals surface area contributed by atoms with Gasteiger partial charge in [0.05, 0.1) is 11.1 Å². The smallest absolute Gasteiger partial charge is 0.159 e. The molecule has 0 radical (unpaired) electrons. The van der Waals surface area contributed by atoms with Crippen molar-refractivity contribution in [2.24, 2.45) is 0 Å². The summed E-state index contributed by atoms with van der Waals surface area (Å²) in [5.41, 5.74) is 19.6. The van der Waals surface area contributed by atoms with E-state index in [0.717, 1.165) is 50.1 Å². The highest BCUT2D eigenvalue weighted by molar-refractivity contribution is 6.21. The molecule has 0 saturated heterocycles. The van der Waals surface area contributed by atoms with Crippen molar-refractivity contribution in [3.8, 4) is 44.5 Å². The van der Waals surface area contributed by atoms with Crippen LogP contribution in [0.25, 0.3) is 77.2 Å². The second-order valence-corrected chi connectivity index (χ2v) is 16.4. The van der Waals surface area contributed by atoms with Crippen molar-refractivity contribution in [2.45, 2.75) is 5.41 Å². The SMILES string of the molecule is c1ccc(-c2ccc(-c3cccc(N(c4ccc5c(c4)C4(c6ccccc6-c6ccccc64)c4ccccc4-5)c4cccc5c4oc4ccc6ccccc6c45)c3)cc2)cc1. The fraction of sp³-hybridized carbons (Fsp3) is 0.0169. The second kappa shape index (κ2) is 13.0. The molecule has 0 saturated carbocycles. The van der Waals surface area contributed by atoms with Crippen LogP contribution in [-0.2, 0) is 5.41 Å². The van der Waals surface area contributed by atoms with E-state index < -0.39 is 5.41 Å². The third kappa shape index (κ3) is 4.85. The lowest BCUT2D eigenvalue weighted by molar-refractivity contribution is 0.669. The Morgan fingerprint density at radius 2 is 0.885 bits per heavy atom. The van der Waals surface area contributed by atoms with Crippen LogP contribution in [0.5, 0.6) is 0 Å². The molecule has 13 rings (SSSR count). The van der Waals surface area contributed by atoms with Gasteiger partial charge in [0.2, 0.25) is 0 Å². The Kier molecular flexibility index (Phi) is 7.26. The van der Waals surface area contributed by atoms with Crippen LogP contribution in [-0.4, -0.2) is 0 Å². The number of rotatable bonds is 5. The zero-order valence-corrected chi connectivity index (χ0v) is 33.2. The average Bonchev–Trinajstić information content (AvgIpc) is 3.97. The van der Waals surface area contributed by atoms with Crippen LogP contribution in [0.3, 0.4) is 0 Å². The van der Waals surface area contributed by atoms with Crippen LogP contribution in [0.15, 0.2) is 229 Å². The Hall–Kier alpha value is -7.94. The highest BCUT2D eigenvalue weighted by Gasteiger charge is 2.51. The number of hydrogen-bond donors (Lipinski definition) is 0. The molecule has 0 aliphatic heterocycles. The minimum Gasteiger partial charge on any atom is -0.454 e. The van der Waals surface area contributed by atoms with E-state index in [1.54, 1.807) is 0 Å². The van der Waals surface area contributed by atoms with Crippen molar-refractivity contribution in [3.05, 3.63) is 247 Å². The second-order valence-electron chi connectivity index (χ2n) is 16.4. The molecule has 61 heavy (non-hydrogen) atoms. The van der Waals surface area contributed by atoms with Gasteiger partial charge in [-0.3, -0.25) is 0 Å². The maximum atomic E-state index is 6.97. The molecule has 0 amide bonds. The molecule has 0 fully saturated rings. The molecular formula is C59H37NO. The predicted octanol–water partition coefficient (Wildman–Crippen LogP) is 15.9. The van der Waals surface area contributed by atoms with Gasteiger partial charge in [-0.25, -0.2) is 0 Å². The summed E-state index contributed by atoms with van der Waals surface area (Å²) in [4.78, 5) is 2.42. The molecule has 0 N–H and O–H groups in total. The van der Waals surface area contributed by atoms with Crippen LogP contribution in [0.1, 0.15) is 22.3 Å². The van der Waals surface area contributed by atoms with Crippen LogP contribution in [0.4, 0.5) is 17.1 Å². The van der Waals surface area contributed by atoms with Gasteiger partial charge in [0.1, 0.15) is 5.58 Å². The standard InChI is InChI=1S/C59H37NO/c1-2-14-38(15-3-1)39-28-30-40(31-29-39)42-17-12-18-43(36-42)60(55-27-13-23-50-57-45-19-5-4-16-41(45)32-35-56(57)61-58(50)55)44-33-34-49-48-22-8-11-26-53(48)59(54(49)37-44)51-24-9-6-20-46(51)47-21-7-10-25-52(47)59/h1-37H. The fourth-order valence-electron chi connectivity index (χ4n) is 10.7. The van der Waals surface area contributed by atoms with Crippen LogP contribution in [0.2, 0.25) is 0 Å². The minimum absolute atomic E-state index is 0.465. The lowest BCUT2D eigenvalue weighted by Crippen LogP contribution is -2.26. The summed E-state index contributed by atoms with van der Waals surface area (Å²) < 4.78 is 6.97. The zero-order valence-electron chi connectivity index (χ0n) is 33.2. The molecule has 0 atom stereocenters. The molecular weight excluding hydrogens is 739 g/mol. The van der Waals surface area contributed by atoms with E-state index in [-0.39, 0.29) is 0 Å². The van der Waals surface area contributed by atoms with Crippen molar-refractivity contribution in [3.63, 3.8) is 0 Å². The number of nitrogens with zero attached hydrogens (tertiary/aromatic N) is 1. The molecule has 11 aromatic rings. The third-order valence-corrected chi connectivity index (χ3v) is 13.3. The lowest BCUT2D eigenvalue weighted by Gasteiger charge is -2.32. The predicted molar refractivity (Wildman–Crippen MR) is 253 cm³/mol. The average molecular weight is 776 g/mol. The molecule has 2 aliphatic carbocycles. The van der Waals surface area contributed by atoms with Gasteiger partial charge in [-0.2, -0.15) is 0 Å². The molecule has 0 bridgehead atoms. The van der Waals surface area contributed by atoms with Gasteiger partial charge in [-0.1, -0.05) is 188 Å². The van der Waals surface area contributed by atoms with Crippen molar-refractivity contribution >= 4 is 49.8 Å². The topological polar surface area (TPSA) is 16.4 Å². The number of hydrogen-bond acceptors (Lipinski definition) is 2. The molecule has 2 nitrogen and oxygen atoms in total. The van der Waals surface area contributed by atoms with E-state index in [4.69, 9.17) is 4.42 Å². The third-order valence-electron chi connectivity index (χ3n) is 13.3. The summed E-state index contributed by atoms with van der Waals surface area (Å²) in [6.45, 7) is 0. The number of benzene rings is 10.